The van der Waals surface area contributed by atoms with Crippen LogP contribution in [0.1, 0.15) is 21.6 Å². The lowest BCUT2D eigenvalue weighted by Crippen LogP contribution is -2.15. The Morgan fingerprint density at radius 3 is 2.59 bits per heavy atom. The van der Waals surface area contributed by atoms with E-state index in [-0.39, 0.29) is 5.91 Å². The van der Waals surface area contributed by atoms with E-state index in [2.05, 4.69) is 20.4 Å². The number of fused-ring (bicyclic) bond motifs is 1. The SMILES string of the molecule is Cc1ccc(NC(=O)c2cn3nc(-c4ccccc4)nc3nc2C)cc1Cl. The highest BCUT2D eigenvalue weighted by atomic mass is 35.5. The average molecular weight is 378 g/mol. The lowest BCUT2D eigenvalue weighted by molar-refractivity contribution is 0.102. The van der Waals surface area contributed by atoms with Crippen LogP contribution in [0.15, 0.2) is 54.7 Å². The molecule has 27 heavy (non-hydrogen) atoms. The van der Waals surface area contributed by atoms with Crippen LogP contribution < -0.4 is 5.32 Å². The van der Waals surface area contributed by atoms with Crippen LogP contribution >= 0.6 is 11.6 Å². The van der Waals surface area contributed by atoms with Crippen molar-refractivity contribution >= 4 is 29.0 Å². The summed E-state index contributed by atoms with van der Waals surface area (Å²) in [5, 5.41) is 7.89. The highest BCUT2D eigenvalue weighted by Crippen LogP contribution is 2.21. The van der Waals surface area contributed by atoms with Crippen LogP contribution in [0.5, 0.6) is 0 Å². The van der Waals surface area contributed by atoms with Gasteiger partial charge in [0.2, 0.25) is 0 Å². The van der Waals surface area contributed by atoms with E-state index in [1.807, 2.05) is 49.4 Å². The Labute approximate surface area is 160 Å². The lowest BCUT2D eigenvalue weighted by Gasteiger charge is -2.08. The molecule has 4 rings (SSSR count). The third-order valence-electron chi connectivity index (χ3n) is 4.23. The van der Waals surface area contributed by atoms with E-state index in [9.17, 15) is 4.79 Å². The first-order valence-electron chi connectivity index (χ1n) is 8.38. The number of aryl methyl sites for hydroxylation is 2. The summed E-state index contributed by atoms with van der Waals surface area (Å²) in [6, 6.07) is 15.0. The van der Waals surface area contributed by atoms with Crippen LogP contribution in [0, 0.1) is 13.8 Å². The van der Waals surface area contributed by atoms with Crippen molar-refractivity contribution in [3.8, 4) is 11.4 Å². The second kappa shape index (κ2) is 6.81. The molecule has 0 aliphatic heterocycles. The summed E-state index contributed by atoms with van der Waals surface area (Å²) in [6.07, 6.45) is 1.64. The highest BCUT2D eigenvalue weighted by Gasteiger charge is 2.15. The molecule has 1 N–H and O–H groups in total. The smallest absolute Gasteiger partial charge is 0.259 e. The Bertz CT molecular complexity index is 1150. The molecule has 4 aromatic rings. The molecule has 0 radical (unpaired) electrons. The summed E-state index contributed by atoms with van der Waals surface area (Å²) < 4.78 is 1.52. The molecule has 0 aliphatic rings. The monoisotopic (exact) mass is 377 g/mol. The number of nitrogens with one attached hydrogen (secondary N) is 1. The Kier molecular flexibility index (Phi) is 4.33. The molecule has 0 atom stereocenters. The van der Waals surface area contributed by atoms with Gasteiger partial charge in [-0.1, -0.05) is 48.0 Å². The molecule has 0 fully saturated rings. The van der Waals surface area contributed by atoms with E-state index >= 15 is 0 Å². The fraction of sp³-hybridized carbons (Fsp3) is 0.100. The number of hydrogen-bond acceptors (Lipinski definition) is 4. The quantitative estimate of drug-likeness (QED) is 0.577. The highest BCUT2D eigenvalue weighted by molar-refractivity contribution is 6.31. The van der Waals surface area contributed by atoms with Crippen LogP contribution in [0.25, 0.3) is 17.2 Å². The first kappa shape index (κ1) is 17.2. The molecule has 0 spiro atoms. The van der Waals surface area contributed by atoms with Crippen molar-refractivity contribution in [2.75, 3.05) is 5.32 Å². The summed E-state index contributed by atoms with van der Waals surface area (Å²) in [5.74, 6) is 0.727. The summed E-state index contributed by atoms with van der Waals surface area (Å²) in [7, 11) is 0. The van der Waals surface area contributed by atoms with Crippen LogP contribution in [0.2, 0.25) is 5.02 Å². The van der Waals surface area contributed by atoms with Gasteiger partial charge in [-0.3, -0.25) is 4.79 Å². The molecule has 134 valence electrons. The van der Waals surface area contributed by atoms with E-state index in [0.717, 1.165) is 11.1 Å². The number of aromatic nitrogens is 4. The average Bonchev–Trinajstić information content (AvgIpc) is 3.07. The van der Waals surface area contributed by atoms with E-state index in [1.54, 1.807) is 19.2 Å². The molecule has 6 nitrogen and oxygen atoms in total. The second-order valence-corrected chi connectivity index (χ2v) is 6.61. The Morgan fingerprint density at radius 1 is 1.07 bits per heavy atom. The second-order valence-electron chi connectivity index (χ2n) is 6.20. The van der Waals surface area contributed by atoms with Gasteiger partial charge in [-0.25, -0.2) is 9.50 Å². The molecule has 2 aromatic heterocycles. The van der Waals surface area contributed by atoms with Crippen LogP contribution in [0.4, 0.5) is 5.69 Å². The number of amides is 1. The number of nitrogens with zero attached hydrogens (tertiary/aromatic N) is 4. The van der Waals surface area contributed by atoms with Crippen molar-refractivity contribution in [1.82, 2.24) is 19.6 Å². The Balaban J connectivity index is 1.68. The minimum absolute atomic E-state index is 0.279. The van der Waals surface area contributed by atoms with Gasteiger partial charge in [0.25, 0.3) is 11.7 Å². The minimum atomic E-state index is -0.279. The van der Waals surface area contributed by atoms with E-state index in [4.69, 9.17) is 11.6 Å². The maximum absolute atomic E-state index is 12.7. The summed E-state index contributed by atoms with van der Waals surface area (Å²) >= 11 is 6.13. The van der Waals surface area contributed by atoms with E-state index < -0.39 is 0 Å². The molecule has 2 heterocycles. The van der Waals surface area contributed by atoms with Gasteiger partial charge in [0.05, 0.1) is 11.3 Å². The molecule has 0 aliphatic carbocycles. The van der Waals surface area contributed by atoms with Gasteiger partial charge in [-0.2, -0.15) is 4.98 Å². The molecular formula is C20H16ClN5O. The molecule has 2 aromatic carbocycles. The summed E-state index contributed by atoms with van der Waals surface area (Å²) in [6.45, 7) is 3.68. The molecule has 0 saturated heterocycles. The fourth-order valence-electron chi connectivity index (χ4n) is 2.71. The Hall–Kier alpha value is -3.25. The number of anilines is 1. The topological polar surface area (TPSA) is 72.2 Å². The van der Waals surface area contributed by atoms with Crippen molar-refractivity contribution in [3.63, 3.8) is 0 Å². The van der Waals surface area contributed by atoms with Crippen LogP contribution in [-0.2, 0) is 0 Å². The molecule has 1 amide bonds. The van der Waals surface area contributed by atoms with Gasteiger partial charge in [0.15, 0.2) is 5.82 Å². The van der Waals surface area contributed by atoms with Crippen molar-refractivity contribution in [1.29, 1.82) is 0 Å². The van der Waals surface area contributed by atoms with E-state index in [1.165, 1.54) is 4.52 Å². The minimum Gasteiger partial charge on any atom is -0.322 e. The molecule has 0 unspecified atom stereocenters. The third kappa shape index (κ3) is 3.39. The van der Waals surface area contributed by atoms with E-state index in [0.29, 0.717) is 33.6 Å². The van der Waals surface area contributed by atoms with Gasteiger partial charge in [0, 0.05) is 22.5 Å². The first-order chi connectivity index (χ1) is 13.0. The van der Waals surface area contributed by atoms with Gasteiger partial charge >= 0.3 is 0 Å². The van der Waals surface area contributed by atoms with Crippen molar-refractivity contribution in [2.24, 2.45) is 0 Å². The maximum atomic E-state index is 12.7. The normalized spacial score (nSPS) is 10.9. The third-order valence-corrected chi connectivity index (χ3v) is 4.64. The zero-order valence-corrected chi connectivity index (χ0v) is 15.5. The summed E-state index contributed by atoms with van der Waals surface area (Å²) in [4.78, 5) is 21.6. The number of rotatable bonds is 3. The van der Waals surface area contributed by atoms with Gasteiger partial charge < -0.3 is 5.32 Å². The number of carbonyl (C=O) groups is 1. The predicted molar refractivity (Wildman–Crippen MR) is 105 cm³/mol. The molecule has 0 bridgehead atoms. The lowest BCUT2D eigenvalue weighted by atomic mass is 10.2. The molecular weight excluding hydrogens is 362 g/mol. The number of benzene rings is 2. The van der Waals surface area contributed by atoms with Gasteiger partial charge in [0.1, 0.15) is 0 Å². The maximum Gasteiger partial charge on any atom is 0.259 e. The van der Waals surface area contributed by atoms with Crippen LogP contribution in [-0.4, -0.2) is 25.5 Å². The standard InChI is InChI=1S/C20H16ClN5O/c1-12-8-9-15(10-17(12)21)23-19(27)16-11-26-20(22-13(16)2)24-18(25-26)14-6-4-3-5-7-14/h3-11H,1-2H3,(H,23,27). The van der Waals surface area contributed by atoms with Crippen molar-refractivity contribution in [2.45, 2.75) is 13.8 Å². The largest absolute Gasteiger partial charge is 0.322 e. The van der Waals surface area contributed by atoms with Gasteiger partial charge in [-0.15, -0.1) is 5.10 Å². The van der Waals surface area contributed by atoms with Gasteiger partial charge in [-0.05, 0) is 31.5 Å². The summed E-state index contributed by atoms with van der Waals surface area (Å²) in [5.41, 5.74) is 3.46. The Morgan fingerprint density at radius 2 is 1.85 bits per heavy atom. The predicted octanol–water partition coefficient (Wildman–Crippen LogP) is 4.31. The molecule has 0 saturated carbocycles. The zero-order valence-electron chi connectivity index (χ0n) is 14.8. The van der Waals surface area contributed by atoms with Crippen molar-refractivity contribution < 1.29 is 4.79 Å². The van der Waals surface area contributed by atoms with Crippen molar-refractivity contribution in [3.05, 3.63) is 76.6 Å². The number of hydrogen-bond donors (Lipinski definition) is 1. The number of halogens is 1. The van der Waals surface area contributed by atoms with Crippen LogP contribution in [0.3, 0.4) is 0 Å². The zero-order chi connectivity index (χ0) is 19.0. The number of carbonyl (C=O) groups excluding carboxylic acids is 1. The molecule has 7 heteroatoms. The first-order valence-corrected chi connectivity index (χ1v) is 8.76. The fourth-order valence-corrected chi connectivity index (χ4v) is 2.89.